The minimum atomic E-state index is 0.164. The summed E-state index contributed by atoms with van der Waals surface area (Å²) in [4.78, 5) is 7.30. The first-order chi connectivity index (χ1) is 14.9. The minimum absolute atomic E-state index is 0.164. The number of unbranched alkanes of at least 4 members (excludes halogenated alkanes) is 1. The molecule has 1 aromatic heterocycles. The Bertz CT molecular complexity index is 1000. The van der Waals surface area contributed by atoms with Crippen LogP contribution in [-0.4, -0.2) is 23.1 Å². The molecule has 0 fully saturated rings. The number of anilines is 1. The fourth-order valence-corrected chi connectivity index (χ4v) is 3.86. The van der Waals surface area contributed by atoms with Gasteiger partial charge in [-0.05, 0) is 44.9 Å². The Hall–Kier alpha value is -2.85. The number of hydrogen-bond donors (Lipinski definition) is 1. The smallest absolute Gasteiger partial charge is 0.156 e. The Morgan fingerprint density at radius 1 is 1.13 bits per heavy atom. The molecule has 0 bridgehead atoms. The molecule has 2 aromatic carbocycles. The van der Waals surface area contributed by atoms with Crippen molar-refractivity contribution in [1.82, 2.24) is 14.9 Å². The summed E-state index contributed by atoms with van der Waals surface area (Å²) in [6.07, 6.45) is 2.34. The molecule has 1 N–H and O–H groups in total. The fraction of sp³-hybridized carbons (Fsp3) is 0.370. The Balaban J connectivity index is 2.20. The second-order valence-corrected chi connectivity index (χ2v) is 8.35. The molecule has 4 heteroatoms. The highest BCUT2D eigenvalue weighted by Crippen LogP contribution is 2.34. The quantitative estimate of drug-likeness (QED) is 0.392. The van der Waals surface area contributed by atoms with Crippen LogP contribution < -0.4 is 10.2 Å². The standard InChI is InChI=1S/C27H36N4/c1-7-8-18-28-22(5)25-27(30(6)20(2)3)29-26(24-17-13-12-14-21(24)4)31(25)19-23-15-10-9-11-16-23/h9-17,22,28H,2,7-8,18-19H2,1,3-6H3. The molecule has 0 aliphatic heterocycles. The minimum Gasteiger partial charge on any atom is -0.333 e. The molecule has 1 atom stereocenters. The first-order valence-electron chi connectivity index (χ1n) is 11.3. The molecule has 0 aliphatic rings. The van der Waals surface area contributed by atoms with Crippen LogP contribution in [0, 0.1) is 6.92 Å². The van der Waals surface area contributed by atoms with Crippen molar-refractivity contribution in [3.05, 3.63) is 83.7 Å². The Morgan fingerprint density at radius 2 is 1.81 bits per heavy atom. The van der Waals surface area contributed by atoms with E-state index in [9.17, 15) is 0 Å². The molecule has 0 saturated carbocycles. The van der Waals surface area contributed by atoms with Gasteiger partial charge in [0.15, 0.2) is 5.82 Å². The van der Waals surface area contributed by atoms with Crippen LogP contribution in [0.25, 0.3) is 11.4 Å². The average molecular weight is 417 g/mol. The van der Waals surface area contributed by atoms with E-state index in [0.717, 1.165) is 36.8 Å². The van der Waals surface area contributed by atoms with Gasteiger partial charge in [0.25, 0.3) is 0 Å². The number of nitrogens with one attached hydrogen (secondary N) is 1. The second kappa shape index (κ2) is 10.5. The summed E-state index contributed by atoms with van der Waals surface area (Å²) in [6, 6.07) is 19.3. The molecule has 3 aromatic rings. The summed E-state index contributed by atoms with van der Waals surface area (Å²) < 4.78 is 2.38. The summed E-state index contributed by atoms with van der Waals surface area (Å²) in [7, 11) is 2.06. The largest absolute Gasteiger partial charge is 0.333 e. The molecular weight excluding hydrogens is 380 g/mol. The van der Waals surface area contributed by atoms with Crippen molar-refractivity contribution in [2.45, 2.75) is 53.1 Å². The van der Waals surface area contributed by atoms with Crippen molar-refractivity contribution >= 4 is 5.82 Å². The third-order valence-corrected chi connectivity index (χ3v) is 5.84. The molecule has 0 amide bonds. The SMILES string of the molecule is C=C(C)N(C)c1nc(-c2ccccc2C)n(Cc2ccccc2)c1C(C)NCCCC. The zero-order valence-electron chi connectivity index (χ0n) is 19.7. The lowest BCUT2D eigenvalue weighted by Crippen LogP contribution is -2.25. The number of aryl methyl sites for hydroxylation is 1. The maximum atomic E-state index is 5.20. The van der Waals surface area contributed by atoms with Crippen LogP contribution in [0.15, 0.2) is 66.9 Å². The molecule has 1 heterocycles. The summed E-state index contributed by atoms with van der Waals surface area (Å²) in [5.41, 5.74) is 5.83. The number of nitrogens with zero attached hydrogens (tertiary/aromatic N) is 3. The monoisotopic (exact) mass is 416 g/mol. The summed E-state index contributed by atoms with van der Waals surface area (Å²) in [6.45, 7) is 14.6. The first-order valence-corrected chi connectivity index (χ1v) is 11.3. The van der Waals surface area contributed by atoms with Gasteiger partial charge in [0.2, 0.25) is 0 Å². The third kappa shape index (κ3) is 5.26. The highest BCUT2D eigenvalue weighted by atomic mass is 15.3. The average Bonchev–Trinajstić information content (AvgIpc) is 3.13. The lowest BCUT2D eigenvalue weighted by Gasteiger charge is -2.23. The first kappa shape index (κ1) is 22.8. The van der Waals surface area contributed by atoms with Crippen LogP contribution in [0.3, 0.4) is 0 Å². The predicted molar refractivity (Wildman–Crippen MR) is 132 cm³/mol. The van der Waals surface area contributed by atoms with Gasteiger partial charge in [-0.15, -0.1) is 0 Å². The van der Waals surface area contributed by atoms with Crippen molar-refractivity contribution in [3.63, 3.8) is 0 Å². The lowest BCUT2D eigenvalue weighted by atomic mass is 10.1. The van der Waals surface area contributed by atoms with Crippen LogP contribution in [0.1, 0.15) is 56.5 Å². The van der Waals surface area contributed by atoms with Gasteiger partial charge in [0.05, 0.1) is 5.69 Å². The molecule has 0 saturated heterocycles. The van der Waals surface area contributed by atoms with E-state index in [1.54, 1.807) is 0 Å². The number of imidazole rings is 1. The highest BCUT2D eigenvalue weighted by molar-refractivity contribution is 5.66. The van der Waals surface area contributed by atoms with Gasteiger partial charge < -0.3 is 14.8 Å². The Labute approximate surface area is 187 Å². The van der Waals surface area contributed by atoms with Crippen molar-refractivity contribution in [1.29, 1.82) is 0 Å². The van der Waals surface area contributed by atoms with Crippen LogP contribution in [-0.2, 0) is 6.54 Å². The van der Waals surface area contributed by atoms with Gasteiger partial charge in [0, 0.05) is 30.9 Å². The van der Waals surface area contributed by atoms with E-state index in [0.29, 0.717) is 0 Å². The topological polar surface area (TPSA) is 33.1 Å². The van der Waals surface area contributed by atoms with Gasteiger partial charge >= 0.3 is 0 Å². The summed E-state index contributed by atoms with van der Waals surface area (Å²) in [5, 5.41) is 3.72. The van der Waals surface area contributed by atoms with Crippen molar-refractivity contribution in [2.75, 3.05) is 18.5 Å². The maximum absolute atomic E-state index is 5.20. The van der Waals surface area contributed by atoms with Gasteiger partial charge in [0.1, 0.15) is 5.82 Å². The van der Waals surface area contributed by atoms with E-state index in [2.05, 4.69) is 104 Å². The number of hydrogen-bond acceptors (Lipinski definition) is 3. The number of rotatable bonds is 10. The molecule has 0 radical (unpaired) electrons. The van der Waals surface area contributed by atoms with E-state index in [4.69, 9.17) is 4.98 Å². The van der Waals surface area contributed by atoms with Gasteiger partial charge in [-0.3, -0.25) is 0 Å². The summed E-state index contributed by atoms with van der Waals surface area (Å²) in [5.74, 6) is 1.97. The molecule has 1 unspecified atom stereocenters. The van der Waals surface area contributed by atoms with Crippen molar-refractivity contribution < 1.29 is 0 Å². The lowest BCUT2D eigenvalue weighted by molar-refractivity contribution is 0.525. The maximum Gasteiger partial charge on any atom is 0.156 e. The van der Waals surface area contributed by atoms with Crippen LogP contribution in [0.4, 0.5) is 5.82 Å². The molecule has 3 rings (SSSR count). The Kier molecular flexibility index (Phi) is 7.69. The van der Waals surface area contributed by atoms with Crippen molar-refractivity contribution in [2.24, 2.45) is 0 Å². The zero-order chi connectivity index (χ0) is 22.4. The Morgan fingerprint density at radius 3 is 2.45 bits per heavy atom. The third-order valence-electron chi connectivity index (χ3n) is 5.84. The van der Waals surface area contributed by atoms with Crippen molar-refractivity contribution in [3.8, 4) is 11.4 Å². The van der Waals surface area contributed by atoms with Crippen LogP contribution >= 0.6 is 0 Å². The summed E-state index contributed by atoms with van der Waals surface area (Å²) >= 11 is 0. The molecule has 4 nitrogen and oxygen atoms in total. The fourth-order valence-electron chi connectivity index (χ4n) is 3.86. The van der Waals surface area contributed by atoms with E-state index in [1.165, 1.54) is 28.8 Å². The molecular formula is C27H36N4. The second-order valence-electron chi connectivity index (χ2n) is 8.35. The molecule has 0 spiro atoms. The number of aromatic nitrogens is 2. The van der Waals surface area contributed by atoms with E-state index in [1.807, 2.05) is 6.92 Å². The van der Waals surface area contributed by atoms with E-state index in [-0.39, 0.29) is 6.04 Å². The molecule has 0 aliphatic carbocycles. The van der Waals surface area contributed by atoms with Crippen LogP contribution in [0.2, 0.25) is 0 Å². The van der Waals surface area contributed by atoms with Gasteiger partial charge in [-0.1, -0.05) is 74.5 Å². The highest BCUT2D eigenvalue weighted by Gasteiger charge is 2.25. The van der Waals surface area contributed by atoms with E-state index < -0.39 is 0 Å². The van der Waals surface area contributed by atoms with Gasteiger partial charge in [-0.25, -0.2) is 4.98 Å². The normalized spacial score (nSPS) is 12.0. The number of allylic oxidation sites excluding steroid dienone is 1. The molecule has 164 valence electrons. The van der Waals surface area contributed by atoms with E-state index >= 15 is 0 Å². The number of benzene rings is 2. The molecule has 31 heavy (non-hydrogen) atoms. The predicted octanol–water partition coefficient (Wildman–Crippen LogP) is 6.33. The van der Waals surface area contributed by atoms with Crippen LogP contribution in [0.5, 0.6) is 0 Å². The zero-order valence-corrected chi connectivity index (χ0v) is 19.7. The van der Waals surface area contributed by atoms with Gasteiger partial charge in [-0.2, -0.15) is 0 Å².